The summed E-state index contributed by atoms with van der Waals surface area (Å²) in [6.45, 7) is 2.06. The van der Waals surface area contributed by atoms with E-state index in [2.05, 4.69) is 5.32 Å². The number of hydrogen-bond donors (Lipinski definition) is 1. The second-order valence-corrected chi connectivity index (χ2v) is 6.82. The highest BCUT2D eigenvalue weighted by Gasteiger charge is 2.24. The van der Waals surface area contributed by atoms with Crippen molar-refractivity contribution in [3.8, 4) is 11.5 Å². The molecule has 0 unspecified atom stereocenters. The lowest BCUT2D eigenvalue weighted by atomic mass is 10.1. The van der Waals surface area contributed by atoms with Crippen LogP contribution in [0, 0.1) is 11.6 Å². The first-order valence-electron chi connectivity index (χ1n) is 9.40. The predicted molar refractivity (Wildman–Crippen MR) is 107 cm³/mol. The van der Waals surface area contributed by atoms with Gasteiger partial charge >= 0.3 is 0 Å². The van der Waals surface area contributed by atoms with Crippen molar-refractivity contribution in [3.63, 3.8) is 0 Å². The van der Waals surface area contributed by atoms with E-state index in [4.69, 9.17) is 9.47 Å². The lowest BCUT2D eigenvalue weighted by Crippen LogP contribution is -2.50. The van der Waals surface area contributed by atoms with Crippen LogP contribution in [0.2, 0.25) is 0 Å². The van der Waals surface area contributed by atoms with Crippen molar-refractivity contribution in [2.24, 2.45) is 0 Å². The van der Waals surface area contributed by atoms with Crippen LogP contribution >= 0.6 is 0 Å². The summed E-state index contributed by atoms with van der Waals surface area (Å²) in [5, 5.41) is 2.55. The molecule has 1 aliphatic heterocycles. The topological polar surface area (TPSA) is 71.1 Å². The van der Waals surface area contributed by atoms with Crippen molar-refractivity contribution in [1.82, 2.24) is 9.80 Å². The van der Waals surface area contributed by atoms with E-state index in [0.717, 1.165) is 12.1 Å². The summed E-state index contributed by atoms with van der Waals surface area (Å²) in [7, 11) is 3.04. The van der Waals surface area contributed by atoms with Gasteiger partial charge in [-0.2, -0.15) is 0 Å². The highest BCUT2D eigenvalue weighted by molar-refractivity contribution is 5.95. The third kappa shape index (κ3) is 5.04. The Morgan fingerprint density at radius 1 is 0.933 bits per heavy atom. The van der Waals surface area contributed by atoms with Gasteiger partial charge in [0.2, 0.25) is 5.91 Å². The molecule has 7 nitrogen and oxygen atoms in total. The quantitative estimate of drug-likeness (QED) is 0.779. The smallest absolute Gasteiger partial charge is 0.254 e. The number of anilines is 1. The minimum atomic E-state index is -1.02. The fourth-order valence-electron chi connectivity index (χ4n) is 3.24. The lowest BCUT2D eigenvalue weighted by molar-refractivity contribution is -0.117. The van der Waals surface area contributed by atoms with Gasteiger partial charge in [0.1, 0.15) is 0 Å². The molecule has 2 aromatic carbocycles. The molecular formula is C21H23F2N3O4. The summed E-state index contributed by atoms with van der Waals surface area (Å²) in [6.07, 6.45) is 0. The zero-order chi connectivity index (χ0) is 21.7. The molecule has 0 bridgehead atoms. The van der Waals surface area contributed by atoms with Crippen LogP contribution in [0.3, 0.4) is 0 Å². The van der Waals surface area contributed by atoms with E-state index in [9.17, 15) is 18.4 Å². The van der Waals surface area contributed by atoms with Crippen LogP contribution in [0.1, 0.15) is 10.4 Å². The van der Waals surface area contributed by atoms with Crippen LogP contribution in [0.5, 0.6) is 11.5 Å². The average Bonchev–Trinajstić information content (AvgIpc) is 2.75. The molecule has 0 saturated carbocycles. The molecule has 0 aliphatic carbocycles. The molecule has 3 rings (SSSR count). The molecule has 2 aromatic rings. The standard InChI is InChI=1S/C21H23F2N3O4/c1-29-18-6-3-14(11-19(18)30-2)21(28)26-9-7-25(8-10-26)13-20(27)24-15-4-5-16(22)17(23)12-15/h3-6,11-12H,7-10,13H2,1-2H3,(H,24,27). The normalized spacial score (nSPS) is 14.3. The Bertz CT molecular complexity index is 930. The number of nitrogens with one attached hydrogen (secondary N) is 1. The van der Waals surface area contributed by atoms with Crippen molar-refractivity contribution in [1.29, 1.82) is 0 Å². The first-order chi connectivity index (χ1) is 14.4. The van der Waals surface area contributed by atoms with Crippen LogP contribution in [0.15, 0.2) is 36.4 Å². The van der Waals surface area contributed by atoms with Crippen LogP contribution in [-0.2, 0) is 4.79 Å². The number of halogens is 2. The summed E-state index contributed by atoms with van der Waals surface area (Å²) in [5.41, 5.74) is 0.693. The van der Waals surface area contributed by atoms with Gasteiger partial charge in [-0.3, -0.25) is 14.5 Å². The molecule has 0 atom stereocenters. The molecule has 1 heterocycles. The highest BCUT2D eigenvalue weighted by Crippen LogP contribution is 2.28. The SMILES string of the molecule is COc1ccc(C(=O)N2CCN(CC(=O)Nc3ccc(F)c(F)c3)CC2)cc1OC. The number of methoxy groups -OCH3 is 2. The van der Waals surface area contributed by atoms with E-state index in [-0.39, 0.29) is 24.0 Å². The fraction of sp³-hybridized carbons (Fsp3) is 0.333. The third-order valence-electron chi connectivity index (χ3n) is 4.86. The van der Waals surface area contributed by atoms with E-state index in [1.165, 1.54) is 20.3 Å². The van der Waals surface area contributed by atoms with Gasteiger partial charge in [-0.05, 0) is 30.3 Å². The molecule has 9 heteroatoms. The second kappa shape index (κ2) is 9.53. The van der Waals surface area contributed by atoms with Crippen molar-refractivity contribution in [2.45, 2.75) is 0 Å². The summed E-state index contributed by atoms with van der Waals surface area (Å²) >= 11 is 0. The van der Waals surface area contributed by atoms with Gasteiger partial charge in [-0.25, -0.2) is 8.78 Å². The monoisotopic (exact) mass is 419 g/mol. The molecule has 30 heavy (non-hydrogen) atoms. The average molecular weight is 419 g/mol. The predicted octanol–water partition coefficient (Wildman–Crippen LogP) is 2.38. The first kappa shape index (κ1) is 21.5. The first-order valence-corrected chi connectivity index (χ1v) is 9.40. The number of nitrogens with zero attached hydrogens (tertiary/aromatic N) is 2. The Hall–Kier alpha value is -3.20. The van der Waals surface area contributed by atoms with Crippen LogP contribution in [-0.4, -0.2) is 68.6 Å². The lowest BCUT2D eigenvalue weighted by Gasteiger charge is -2.34. The molecule has 0 aromatic heterocycles. The van der Waals surface area contributed by atoms with Gasteiger partial charge in [0.15, 0.2) is 23.1 Å². The molecule has 160 valence electrons. The van der Waals surface area contributed by atoms with Crippen molar-refractivity contribution < 1.29 is 27.8 Å². The number of carbonyl (C=O) groups is 2. The van der Waals surface area contributed by atoms with Gasteiger partial charge in [-0.1, -0.05) is 0 Å². The number of benzene rings is 2. The second-order valence-electron chi connectivity index (χ2n) is 6.82. The number of ether oxygens (including phenoxy) is 2. The van der Waals surface area contributed by atoms with Crippen molar-refractivity contribution in [3.05, 3.63) is 53.6 Å². The van der Waals surface area contributed by atoms with E-state index in [1.54, 1.807) is 23.1 Å². The van der Waals surface area contributed by atoms with E-state index in [0.29, 0.717) is 43.2 Å². The maximum Gasteiger partial charge on any atom is 0.254 e. The van der Waals surface area contributed by atoms with Crippen LogP contribution in [0.25, 0.3) is 0 Å². The van der Waals surface area contributed by atoms with Gasteiger partial charge < -0.3 is 19.7 Å². The van der Waals surface area contributed by atoms with Crippen LogP contribution in [0.4, 0.5) is 14.5 Å². The number of carbonyl (C=O) groups excluding carboxylic acids is 2. The van der Waals surface area contributed by atoms with E-state index in [1.807, 2.05) is 4.90 Å². The summed E-state index contributed by atoms with van der Waals surface area (Å²) in [4.78, 5) is 28.5. The van der Waals surface area contributed by atoms with Gasteiger partial charge in [-0.15, -0.1) is 0 Å². The fourth-order valence-corrected chi connectivity index (χ4v) is 3.24. The molecule has 1 N–H and O–H groups in total. The number of piperazine rings is 1. The Morgan fingerprint density at radius 2 is 1.63 bits per heavy atom. The largest absolute Gasteiger partial charge is 0.493 e. The molecule has 1 saturated heterocycles. The van der Waals surface area contributed by atoms with Crippen molar-refractivity contribution in [2.75, 3.05) is 52.3 Å². The van der Waals surface area contributed by atoms with Crippen LogP contribution < -0.4 is 14.8 Å². The van der Waals surface area contributed by atoms with Gasteiger partial charge in [0, 0.05) is 43.5 Å². The van der Waals surface area contributed by atoms with Gasteiger partial charge in [0.05, 0.1) is 20.8 Å². The van der Waals surface area contributed by atoms with E-state index >= 15 is 0 Å². The molecule has 0 spiro atoms. The maximum atomic E-state index is 13.2. The summed E-state index contributed by atoms with van der Waals surface area (Å²) in [5.74, 6) is -1.41. The Balaban J connectivity index is 1.52. The maximum absolute atomic E-state index is 13.2. The minimum Gasteiger partial charge on any atom is -0.493 e. The number of rotatable bonds is 6. The summed E-state index contributed by atoms with van der Waals surface area (Å²) in [6, 6.07) is 8.21. The number of hydrogen-bond acceptors (Lipinski definition) is 5. The highest BCUT2D eigenvalue weighted by atomic mass is 19.2. The molecule has 1 fully saturated rings. The zero-order valence-corrected chi connectivity index (χ0v) is 16.8. The Kier molecular flexibility index (Phi) is 6.83. The van der Waals surface area contributed by atoms with Crippen molar-refractivity contribution >= 4 is 17.5 Å². The van der Waals surface area contributed by atoms with Gasteiger partial charge in [0.25, 0.3) is 5.91 Å². The third-order valence-corrected chi connectivity index (χ3v) is 4.86. The Labute approximate surface area is 173 Å². The number of amides is 2. The Morgan fingerprint density at radius 3 is 2.27 bits per heavy atom. The summed E-state index contributed by atoms with van der Waals surface area (Å²) < 4.78 is 36.7. The molecule has 2 amide bonds. The minimum absolute atomic E-state index is 0.0946. The molecule has 1 aliphatic rings. The molecular weight excluding hydrogens is 396 g/mol. The van der Waals surface area contributed by atoms with E-state index < -0.39 is 11.6 Å². The molecule has 0 radical (unpaired) electrons. The zero-order valence-electron chi connectivity index (χ0n) is 16.8.